The van der Waals surface area contributed by atoms with Crippen molar-refractivity contribution in [2.24, 2.45) is 0 Å². The molecule has 1 aromatic rings. The fourth-order valence-electron chi connectivity index (χ4n) is 2.29. The van der Waals surface area contributed by atoms with E-state index in [1.807, 2.05) is 25.1 Å². The molecule has 0 radical (unpaired) electrons. The van der Waals surface area contributed by atoms with Gasteiger partial charge in [-0.05, 0) is 24.0 Å². The third-order valence-corrected chi connectivity index (χ3v) is 3.60. The summed E-state index contributed by atoms with van der Waals surface area (Å²) < 4.78 is 4.87. The Balaban J connectivity index is 2.22. The molecule has 0 aliphatic carbocycles. The highest BCUT2D eigenvalue weighted by Gasteiger charge is 2.35. The SMILES string of the molecule is Cc1cccc(C(C)C)c1NC(=O)C1COC(=O)N1C. The number of carbonyl (C=O) groups is 2. The normalized spacial score (nSPS) is 18.4. The number of rotatable bonds is 3. The zero-order valence-corrected chi connectivity index (χ0v) is 12.3. The first kappa shape index (κ1) is 14.4. The molecule has 0 aromatic heterocycles. The number of cyclic esters (lactones) is 1. The van der Waals surface area contributed by atoms with E-state index in [1.54, 1.807) is 7.05 Å². The number of aryl methyl sites for hydroxylation is 1. The molecule has 1 aliphatic rings. The summed E-state index contributed by atoms with van der Waals surface area (Å²) in [6.45, 7) is 6.23. The number of anilines is 1. The monoisotopic (exact) mass is 276 g/mol. The molecule has 1 aromatic carbocycles. The van der Waals surface area contributed by atoms with Crippen molar-refractivity contribution in [3.63, 3.8) is 0 Å². The Morgan fingerprint density at radius 1 is 1.45 bits per heavy atom. The second-order valence-electron chi connectivity index (χ2n) is 5.39. The summed E-state index contributed by atoms with van der Waals surface area (Å²) in [5.74, 6) is 0.0962. The van der Waals surface area contributed by atoms with E-state index >= 15 is 0 Å². The fraction of sp³-hybridized carbons (Fsp3) is 0.467. The summed E-state index contributed by atoms with van der Waals surface area (Å²) >= 11 is 0. The highest BCUT2D eigenvalue weighted by Crippen LogP contribution is 2.28. The van der Waals surface area contributed by atoms with Crippen LogP contribution in [0.5, 0.6) is 0 Å². The van der Waals surface area contributed by atoms with Crippen LogP contribution in [0.15, 0.2) is 18.2 Å². The molecule has 1 heterocycles. The highest BCUT2D eigenvalue weighted by molar-refractivity contribution is 5.98. The number of hydrogen-bond acceptors (Lipinski definition) is 3. The lowest BCUT2D eigenvalue weighted by atomic mass is 9.98. The van der Waals surface area contributed by atoms with Crippen LogP contribution in [0.1, 0.15) is 30.9 Å². The number of benzene rings is 1. The molecule has 0 spiro atoms. The van der Waals surface area contributed by atoms with Gasteiger partial charge in [-0.3, -0.25) is 9.69 Å². The maximum absolute atomic E-state index is 12.3. The van der Waals surface area contributed by atoms with E-state index in [1.165, 1.54) is 4.90 Å². The van der Waals surface area contributed by atoms with E-state index in [-0.39, 0.29) is 12.5 Å². The first-order valence-corrected chi connectivity index (χ1v) is 6.71. The largest absolute Gasteiger partial charge is 0.447 e. The van der Waals surface area contributed by atoms with Crippen molar-refractivity contribution < 1.29 is 14.3 Å². The van der Waals surface area contributed by atoms with E-state index in [2.05, 4.69) is 19.2 Å². The molecule has 0 saturated carbocycles. The molecule has 0 bridgehead atoms. The number of para-hydroxylation sites is 1. The van der Waals surface area contributed by atoms with Gasteiger partial charge in [-0.1, -0.05) is 32.0 Å². The van der Waals surface area contributed by atoms with Crippen LogP contribution in [0.4, 0.5) is 10.5 Å². The van der Waals surface area contributed by atoms with Crippen LogP contribution in [0.2, 0.25) is 0 Å². The van der Waals surface area contributed by atoms with Crippen LogP contribution in [0.3, 0.4) is 0 Å². The topological polar surface area (TPSA) is 58.6 Å². The second kappa shape index (κ2) is 5.53. The Bertz CT molecular complexity index is 540. The van der Waals surface area contributed by atoms with Crippen molar-refractivity contribution in [3.8, 4) is 0 Å². The Morgan fingerprint density at radius 3 is 2.70 bits per heavy atom. The van der Waals surface area contributed by atoms with Crippen LogP contribution < -0.4 is 5.32 Å². The maximum atomic E-state index is 12.3. The van der Waals surface area contributed by atoms with Crippen molar-refractivity contribution in [2.75, 3.05) is 19.0 Å². The van der Waals surface area contributed by atoms with E-state index < -0.39 is 12.1 Å². The summed E-state index contributed by atoms with van der Waals surface area (Å²) in [7, 11) is 1.57. The Hall–Kier alpha value is -2.04. The summed E-state index contributed by atoms with van der Waals surface area (Å²) in [5, 5.41) is 2.94. The third kappa shape index (κ3) is 2.61. The number of nitrogens with zero attached hydrogens (tertiary/aromatic N) is 1. The summed E-state index contributed by atoms with van der Waals surface area (Å²) in [6.07, 6.45) is -0.459. The summed E-state index contributed by atoms with van der Waals surface area (Å²) in [5.41, 5.74) is 2.93. The Kier molecular flexibility index (Phi) is 3.97. The molecule has 2 rings (SSSR count). The van der Waals surface area contributed by atoms with E-state index in [0.717, 1.165) is 16.8 Å². The van der Waals surface area contributed by atoms with Crippen molar-refractivity contribution in [2.45, 2.75) is 32.7 Å². The fourth-order valence-corrected chi connectivity index (χ4v) is 2.29. The zero-order chi connectivity index (χ0) is 14.9. The van der Waals surface area contributed by atoms with Gasteiger partial charge in [-0.25, -0.2) is 4.79 Å². The molecule has 1 aliphatic heterocycles. The smallest absolute Gasteiger partial charge is 0.410 e. The van der Waals surface area contributed by atoms with Gasteiger partial charge in [-0.2, -0.15) is 0 Å². The number of carbonyl (C=O) groups excluding carboxylic acids is 2. The third-order valence-electron chi connectivity index (χ3n) is 3.60. The van der Waals surface area contributed by atoms with Gasteiger partial charge in [0, 0.05) is 12.7 Å². The van der Waals surface area contributed by atoms with E-state index in [0.29, 0.717) is 5.92 Å². The molecule has 1 atom stereocenters. The van der Waals surface area contributed by atoms with Crippen LogP contribution in [-0.2, 0) is 9.53 Å². The van der Waals surface area contributed by atoms with Gasteiger partial charge in [0.1, 0.15) is 12.6 Å². The average molecular weight is 276 g/mol. The van der Waals surface area contributed by atoms with Crippen molar-refractivity contribution >= 4 is 17.7 Å². The molecule has 108 valence electrons. The van der Waals surface area contributed by atoms with Crippen molar-refractivity contribution in [3.05, 3.63) is 29.3 Å². The molecular formula is C15H20N2O3. The molecule has 20 heavy (non-hydrogen) atoms. The van der Waals surface area contributed by atoms with Crippen LogP contribution in [-0.4, -0.2) is 36.6 Å². The number of amides is 2. The average Bonchev–Trinajstić information content (AvgIpc) is 2.72. The predicted octanol–water partition coefficient (Wildman–Crippen LogP) is 2.51. The minimum Gasteiger partial charge on any atom is -0.447 e. The summed E-state index contributed by atoms with van der Waals surface area (Å²) in [6, 6.07) is 5.38. The van der Waals surface area contributed by atoms with Crippen LogP contribution >= 0.6 is 0 Å². The Morgan fingerprint density at radius 2 is 2.15 bits per heavy atom. The van der Waals surface area contributed by atoms with Crippen molar-refractivity contribution in [1.82, 2.24) is 4.90 Å². The standard InChI is InChI=1S/C15H20N2O3/c1-9(2)11-7-5-6-10(3)13(11)16-14(18)12-8-20-15(19)17(12)4/h5-7,9,12H,8H2,1-4H3,(H,16,18). The number of nitrogens with one attached hydrogen (secondary N) is 1. The van der Waals surface area contributed by atoms with Crippen LogP contribution in [0.25, 0.3) is 0 Å². The number of ether oxygens (including phenoxy) is 1. The van der Waals surface area contributed by atoms with Gasteiger partial charge in [0.05, 0.1) is 0 Å². The van der Waals surface area contributed by atoms with Gasteiger partial charge in [0.25, 0.3) is 5.91 Å². The molecule has 2 amide bonds. The maximum Gasteiger partial charge on any atom is 0.410 e. The van der Waals surface area contributed by atoms with Crippen molar-refractivity contribution in [1.29, 1.82) is 0 Å². The highest BCUT2D eigenvalue weighted by atomic mass is 16.6. The molecular weight excluding hydrogens is 256 g/mol. The zero-order valence-electron chi connectivity index (χ0n) is 12.3. The second-order valence-corrected chi connectivity index (χ2v) is 5.39. The lowest BCUT2D eigenvalue weighted by Gasteiger charge is -2.20. The predicted molar refractivity (Wildman–Crippen MR) is 76.8 cm³/mol. The van der Waals surface area contributed by atoms with E-state index in [9.17, 15) is 9.59 Å². The van der Waals surface area contributed by atoms with Crippen LogP contribution in [0, 0.1) is 6.92 Å². The molecule has 1 fully saturated rings. The molecule has 1 N–H and O–H groups in total. The summed E-state index contributed by atoms with van der Waals surface area (Å²) in [4.78, 5) is 24.9. The molecule has 1 unspecified atom stereocenters. The van der Waals surface area contributed by atoms with Gasteiger partial charge >= 0.3 is 6.09 Å². The van der Waals surface area contributed by atoms with Gasteiger partial charge in [0.15, 0.2) is 0 Å². The lowest BCUT2D eigenvalue weighted by molar-refractivity contribution is -0.119. The Labute approximate surface area is 118 Å². The number of likely N-dealkylation sites (N-methyl/N-ethyl adjacent to an activating group) is 1. The molecule has 1 saturated heterocycles. The van der Waals surface area contributed by atoms with E-state index in [4.69, 9.17) is 4.74 Å². The minimum absolute atomic E-state index is 0.101. The first-order chi connectivity index (χ1) is 9.41. The minimum atomic E-state index is -0.567. The lowest BCUT2D eigenvalue weighted by Crippen LogP contribution is -2.40. The van der Waals surface area contributed by atoms with Gasteiger partial charge in [0.2, 0.25) is 0 Å². The molecule has 5 nitrogen and oxygen atoms in total. The molecule has 5 heteroatoms. The quantitative estimate of drug-likeness (QED) is 0.922. The number of hydrogen-bond donors (Lipinski definition) is 1. The van der Waals surface area contributed by atoms with Gasteiger partial charge in [-0.15, -0.1) is 0 Å². The first-order valence-electron chi connectivity index (χ1n) is 6.71. The van der Waals surface area contributed by atoms with Gasteiger partial charge < -0.3 is 10.1 Å².